The molecule has 1 N–H and O–H groups in total. The van der Waals surface area contributed by atoms with E-state index in [2.05, 4.69) is 17.2 Å². The number of pyridine rings is 1. The first-order chi connectivity index (χ1) is 7.44. The number of carbonyl (C=O) groups is 1. The van der Waals surface area contributed by atoms with E-state index in [0.29, 0.717) is 10.3 Å². The zero-order valence-electron chi connectivity index (χ0n) is 9.57. The van der Waals surface area contributed by atoms with Gasteiger partial charge in [0, 0.05) is 12.1 Å². The highest BCUT2D eigenvalue weighted by atomic mass is 16.5. The van der Waals surface area contributed by atoms with Gasteiger partial charge in [-0.2, -0.15) is 4.73 Å². The Hall–Kier alpha value is -2.02. The van der Waals surface area contributed by atoms with Crippen LogP contribution in [0.15, 0.2) is 24.5 Å². The van der Waals surface area contributed by atoms with Gasteiger partial charge in [0.15, 0.2) is 12.4 Å². The van der Waals surface area contributed by atoms with Crippen molar-refractivity contribution in [3.05, 3.63) is 35.3 Å². The van der Waals surface area contributed by atoms with E-state index in [1.54, 1.807) is 6.92 Å². The Morgan fingerprint density at radius 2 is 2.00 bits per heavy atom. The lowest BCUT2D eigenvalue weighted by molar-refractivity contribution is -0.605. The normalized spacial score (nSPS) is 10.2. The minimum atomic E-state index is -0.574. The average molecular weight is 218 g/mol. The van der Waals surface area contributed by atoms with Crippen LogP contribution in [-0.2, 0) is 0 Å². The smallest absolute Gasteiger partial charge is 0.252 e. The second-order valence-corrected chi connectivity index (χ2v) is 3.90. The lowest BCUT2D eigenvalue weighted by Gasteiger charge is -2.19. The molecule has 1 aromatic rings. The van der Waals surface area contributed by atoms with Crippen LogP contribution in [0.5, 0.6) is 0 Å². The Kier molecular flexibility index (Phi) is 3.51. The lowest BCUT2D eigenvalue weighted by Crippen LogP contribution is -2.42. The van der Waals surface area contributed by atoms with Crippen LogP contribution in [0, 0.1) is 17.0 Å². The molecule has 0 aliphatic carbocycles. The summed E-state index contributed by atoms with van der Waals surface area (Å²) in [5.41, 5.74) is -0.132. The van der Waals surface area contributed by atoms with Crippen LogP contribution in [0.2, 0.25) is 0 Å². The minimum Gasteiger partial charge on any atom is -0.619 e. The molecule has 0 saturated heterocycles. The molecule has 0 saturated carbocycles. The molecular weight excluding hydrogens is 204 g/mol. The average Bonchev–Trinajstić information content (AvgIpc) is 2.17. The van der Waals surface area contributed by atoms with Gasteiger partial charge < -0.3 is 10.5 Å². The van der Waals surface area contributed by atoms with Crippen LogP contribution in [0.1, 0.15) is 31.1 Å². The van der Waals surface area contributed by atoms with Crippen molar-refractivity contribution in [2.45, 2.75) is 26.3 Å². The van der Waals surface area contributed by atoms with Gasteiger partial charge in [-0.3, -0.25) is 4.79 Å². The highest BCUT2D eigenvalue weighted by Gasteiger charge is 2.18. The number of nitrogens with zero attached hydrogens (tertiary/aromatic N) is 1. The number of rotatable bonds is 2. The van der Waals surface area contributed by atoms with Crippen molar-refractivity contribution in [1.29, 1.82) is 0 Å². The maximum atomic E-state index is 11.8. The predicted octanol–water partition coefficient (Wildman–Crippen LogP) is 0.852. The standard InChI is InChI=1S/C12H14N2O2/c1-4-7-12(2,3)13-11(15)10-5-8-14(16)9-6-10/h5-6,8-9H,1-3H3,(H,13,15). The summed E-state index contributed by atoms with van der Waals surface area (Å²) in [5.74, 6) is 5.40. The third-order valence-corrected chi connectivity index (χ3v) is 1.93. The highest BCUT2D eigenvalue weighted by Crippen LogP contribution is 2.03. The summed E-state index contributed by atoms with van der Waals surface area (Å²) < 4.78 is 0.633. The Morgan fingerprint density at radius 3 is 2.50 bits per heavy atom. The summed E-state index contributed by atoms with van der Waals surface area (Å²) in [7, 11) is 0. The van der Waals surface area contributed by atoms with Crippen molar-refractivity contribution >= 4 is 5.91 Å². The van der Waals surface area contributed by atoms with Gasteiger partial charge in [-0.25, -0.2) is 0 Å². The summed E-state index contributed by atoms with van der Waals surface area (Å²) >= 11 is 0. The number of nitrogens with one attached hydrogen (secondary N) is 1. The first-order valence-corrected chi connectivity index (χ1v) is 4.90. The van der Waals surface area contributed by atoms with E-state index < -0.39 is 5.54 Å². The summed E-state index contributed by atoms with van der Waals surface area (Å²) in [4.78, 5) is 11.8. The van der Waals surface area contributed by atoms with Gasteiger partial charge in [-0.05, 0) is 20.8 Å². The van der Waals surface area contributed by atoms with Crippen molar-refractivity contribution < 1.29 is 9.52 Å². The molecule has 0 atom stereocenters. The quantitative estimate of drug-likeness (QED) is 0.454. The summed E-state index contributed by atoms with van der Waals surface area (Å²) in [6.45, 7) is 5.35. The Labute approximate surface area is 94.9 Å². The monoisotopic (exact) mass is 218 g/mol. The molecule has 1 amide bonds. The Balaban J connectivity index is 2.79. The largest absolute Gasteiger partial charge is 0.619 e. The van der Waals surface area contributed by atoms with E-state index in [4.69, 9.17) is 0 Å². The summed E-state index contributed by atoms with van der Waals surface area (Å²) in [6, 6.07) is 2.94. The zero-order valence-corrected chi connectivity index (χ0v) is 9.57. The predicted molar refractivity (Wildman–Crippen MR) is 60.4 cm³/mol. The van der Waals surface area contributed by atoms with Gasteiger partial charge in [-0.15, -0.1) is 5.92 Å². The van der Waals surface area contributed by atoms with Crippen molar-refractivity contribution in [2.24, 2.45) is 0 Å². The zero-order chi connectivity index (χ0) is 12.2. The maximum Gasteiger partial charge on any atom is 0.252 e. The van der Waals surface area contributed by atoms with E-state index in [1.807, 2.05) is 13.8 Å². The first-order valence-electron chi connectivity index (χ1n) is 4.90. The number of aromatic nitrogens is 1. The number of hydrogen-bond acceptors (Lipinski definition) is 2. The van der Waals surface area contributed by atoms with Gasteiger partial charge in [0.05, 0.1) is 11.1 Å². The van der Waals surface area contributed by atoms with E-state index >= 15 is 0 Å². The van der Waals surface area contributed by atoms with Crippen molar-refractivity contribution in [3.63, 3.8) is 0 Å². The van der Waals surface area contributed by atoms with Gasteiger partial charge in [-0.1, -0.05) is 5.92 Å². The molecule has 0 fully saturated rings. The van der Waals surface area contributed by atoms with Crippen LogP contribution in [0.3, 0.4) is 0 Å². The second kappa shape index (κ2) is 4.67. The summed E-state index contributed by atoms with van der Waals surface area (Å²) in [5, 5.41) is 13.6. The molecule has 0 spiro atoms. The van der Waals surface area contributed by atoms with Gasteiger partial charge in [0.1, 0.15) is 0 Å². The van der Waals surface area contributed by atoms with E-state index in [1.165, 1.54) is 24.5 Å². The molecule has 0 aromatic carbocycles. The molecule has 1 rings (SSSR count). The number of amides is 1. The molecule has 0 unspecified atom stereocenters. The molecule has 1 aromatic heterocycles. The van der Waals surface area contributed by atoms with Crippen LogP contribution < -0.4 is 10.0 Å². The SMILES string of the molecule is CC#CC(C)(C)NC(=O)c1cc[n+]([O-])cc1. The third kappa shape index (κ3) is 3.28. The molecule has 0 aliphatic heterocycles. The van der Waals surface area contributed by atoms with E-state index in [9.17, 15) is 10.0 Å². The minimum absolute atomic E-state index is 0.242. The topological polar surface area (TPSA) is 56.0 Å². The van der Waals surface area contributed by atoms with Gasteiger partial charge in [0.2, 0.25) is 0 Å². The molecule has 0 bridgehead atoms. The van der Waals surface area contributed by atoms with E-state index in [-0.39, 0.29) is 5.91 Å². The molecule has 16 heavy (non-hydrogen) atoms. The molecule has 4 nitrogen and oxygen atoms in total. The van der Waals surface area contributed by atoms with Gasteiger partial charge in [0.25, 0.3) is 5.91 Å². The molecule has 0 radical (unpaired) electrons. The third-order valence-electron chi connectivity index (χ3n) is 1.93. The Bertz CT molecular complexity index is 438. The molecule has 0 aliphatic rings. The van der Waals surface area contributed by atoms with Crippen molar-refractivity contribution in [2.75, 3.05) is 0 Å². The van der Waals surface area contributed by atoms with Crippen molar-refractivity contribution in [1.82, 2.24) is 5.32 Å². The molecule has 1 heterocycles. The maximum absolute atomic E-state index is 11.8. The van der Waals surface area contributed by atoms with Crippen LogP contribution >= 0.6 is 0 Å². The summed E-state index contributed by atoms with van der Waals surface area (Å²) in [6.07, 6.45) is 2.57. The van der Waals surface area contributed by atoms with E-state index in [0.717, 1.165) is 0 Å². The first kappa shape index (κ1) is 12.1. The van der Waals surface area contributed by atoms with Crippen LogP contribution in [0.4, 0.5) is 0 Å². The second-order valence-electron chi connectivity index (χ2n) is 3.90. The molecule has 4 heteroatoms. The Morgan fingerprint density at radius 1 is 1.44 bits per heavy atom. The van der Waals surface area contributed by atoms with Gasteiger partial charge >= 0.3 is 0 Å². The number of carbonyl (C=O) groups excluding carboxylic acids is 1. The fraction of sp³-hybridized carbons (Fsp3) is 0.333. The van der Waals surface area contributed by atoms with Crippen LogP contribution in [0.25, 0.3) is 0 Å². The molecular formula is C12H14N2O2. The fourth-order valence-electron chi connectivity index (χ4n) is 1.26. The fourth-order valence-corrected chi connectivity index (χ4v) is 1.26. The molecule has 84 valence electrons. The highest BCUT2D eigenvalue weighted by molar-refractivity contribution is 5.94. The van der Waals surface area contributed by atoms with Crippen LogP contribution in [-0.4, -0.2) is 11.4 Å². The number of hydrogen-bond donors (Lipinski definition) is 1. The lowest BCUT2D eigenvalue weighted by atomic mass is 10.1. The van der Waals surface area contributed by atoms with Crippen molar-refractivity contribution in [3.8, 4) is 11.8 Å².